The molecule has 3 aromatic heterocycles. The number of rotatable bonds is 2. The number of imidazole rings is 1. The predicted molar refractivity (Wildman–Crippen MR) is 81.6 cm³/mol. The molecule has 0 unspecified atom stereocenters. The van der Waals surface area contributed by atoms with Gasteiger partial charge in [-0.2, -0.15) is 0 Å². The summed E-state index contributed by atoms with van der Waals surface area (Å²) in [4.78, 5) is 13.0. The van der Waals surface area contributed by atoms with Gasteiger partial charge in [0.05, 0.1) is 6.20 Å². The summed E-state index contributed by atoms with van der Waals surface area (Å²) < 4.78 is 2.03. The number of nitrogens with zero attached hydrogens (tertiary/aromatic N) is 4. The molecule has 0 fully saturated rings. The van der Waals surface area contributed by atoms with Crippen molar-refractivity contribution in [3.63, 3.8) is 0 Å². The monoisotopic (exact) mass is 285 g/mol. The van der Waals surface area contributed by atoms with E-state index >= 15 is 0 Å². The minimum absolute atomic E-state index is 0.863. The number of hydrogen-bond donors (Lipinski definition) is 1. The van der Waals surface area contributed by atoms with Gasteiger partial charge in [-0.05, 0) is 23.4 Å². The van der Waals surface area contributed by atoms with E-state index in [0.29, 0.717) is 0 Å². The normalized spacial score (nSPS) is 14.6. The maximum absolute atomic E-state index is 4.71. The first-order chi connectivity index (χ1) is 9.85. The molecule has 0 radical (unpaired) electrons. The summed E-state index contributed by atoms with van der Waals surface area (Å²) in [5, 5.41) is 5.30. The van der Waals surface area contributed by atoms with Crippen LogP contribution in [0.4, 0.5) is 11.6 Å². The van der Waals surface area contributed by atoms with E-state index in [1.807, 2.05) is 41.4 Å². The molecular formula is C14H15N5S. The largest absolute Gasteiger partial charge is 0.372 e. The van der Waals surface area contributed by atoms with Crippen molar-refractivity contribution in [2.45, 2.75) is 13.0 Å². The Bertz CT molecular complexity index is 760. The molecule has 0 bridgehead atoms. The summed E-state index contributed by atoms with van der Waals surface area (Å²) in [6.07, 6.45) is 6.83. The van der Waals surface area contributed by atoms with E-state index in [2.05, 4.69) is 26.6 Å². The van der Waals surface area contributed by atoms with Crippen LogP contribution in [0.3, 0.4) is 0 Å². The second-order valence-electron chi connectivity index (χ2n) is 4.90. The number of anilines is 2. The standard InChI is InChI=1S/C14H15N5S/c1-15-12-9-19-6-4-16-13(19)14(17-12)18-5-2-11-10(8-18)3-7-20-11/h3-4,6-7,9,15H,2,5,8H2,1H3. The molecule has 0 aromatic carbocycles. The molecule has 1 aliphatic rings. The molecule has 4 heterocycles. The summed E-state index contributed by atoms with van der Waals surface area (Å²) >= 11 is 1.86. The second-order valence-corrected chi connectivity index (χ2v) is 5.90. The molecule has 3 aromatic rings. The first-order valence-electron chi connectivity index (χ1n) is 6.67. The van der Waals surface area contributed by atoms with Crippen molar-refractivity contribution in [3.8, 4) is 0 Å². The molecule has 0 saturated carbocycles. The van der Waals surface area contributed by atoms with Crippen LogP contribution in [0.5, 0.6) is 0 Å². The number of hydrogen-bond acceptors (Lipinski definition) is 5. The van der Waals surface area contributed by atoms with E-state index in [9.17, 15) is 0 Å². The fourth-order valence-electron chi connectivity index (χ4n) is 2.68. The SMILES string of the molecule is CNc1cn2ccnc2c(N2CCc3sccc3C2)n1. The highest BCUT2D eigenvalue weighted by molar-refractivity contribution is 7.10. The van der Waals surface area contributed by atoms with Crippen molar-refractivity contribution >= 4 is 28.6 Å². The van der Waals surface area contributed by atoms with Crippen LogP contribution in [-0.4, -0.2) is 28.0 Å². The van der Waals surface area contributed by atoms with E-state index in [1.165, 1.54) is 10.4 Å². The maximum Gasteiger partial charge on any atom is 0.180 e. The quantitative estimate of drug-likeness (QED) is 0.785. The Balaban J connectivity index is 1.80. The Morgan fingerprint density at radius 2 is 2.35 bits per heavy atom. The molecule has 0 amide bonds. The summed E-state index contributed by atoms with van der Waals surface area (Å²) in [7, 11) is 1.89. The lowest BCUT2D eigenvalue weighted by molar-refractivity contribution is 0.732. The van der Waals surface area contributed by atoms with Gasteiger partial charge < -0.3 is 14.6 Å². The average Bonchev–Trinajstić information content (AvgIpc) is 3.13. The van der Waals surface area contributed by atoms with Gasteiger partial charge in [0.2, 0.25) is 0 Å². The fraction of sp³-hybridized carbons (Fsp3) is 0.286. The van der Waals surface area contributed by atoms with Crippen molar-refractivity contribution in [1.82, 2.24) is 14.4 Å². The van der Waals surface area contributed by atoms with Crippen LogP contribution in [0.25, 0.3) is 5.65 Å². The topological polar surface area (TPSA) is 45.5 Å². The van der Waals surface area contributed by atoms with E-state index in [4.69, 9.17) is 4.98 Å². The number of fused-ring (bicyclic) bond motifs is 2. The Kier molecular flexibility index (Phi) is 2.63. The molecule has 5 nitrogen and oxygen atoms in total. The summed E-state index contributed by atoms with van der Waals surface area (Å²) in [6.45, 7) is 1.91. The number of nitrogens with one attached hydrogen (secondary N) is 1. The molecule has 0 saturated heterocycles. The van der Waals surface area contributed by atoms with Crippen LogP contribution in [-0.2, 0) is 13.0 Å². The smallest absolute Gasteiger partial charge is 0.180 e. The van der Waals surface area contributed by atoms with Gasteiger partial charge in [0, 0.05) is 37.4 Å². The highest BCUT2D eigenvalue weighted by atomic mass is 32.1. The van der Waals surface area contributed by atoms with Crippen LogP contribution < -0.4 is 10.2 Å². The average molecular weight is 285 g/mol. The van der Waals surface area contributed by atoms with Gasteiger partial charge in [0.15, 0.2) is 11.5 Å². The zero-order valence-electron chi connectivity index (χ0n) is 11.2. The molecule has 0 spiro atoms. The number of thiophene rings is 1. The van der Waals surface area contributed by atoms with Crippen molar-refractivity contribution in [2.24, 2.45) is 0 Å². The van der Waals surface area contributed by atoms with Gasteiger partial charge in [-0.25, -0.2) is 9.97 Å². The minimum Gasteiger partial charge on any atom is -0.372 e. The van der Waals surface area contributed by atoms with Gasteiger partial charge in [0.1, 0.15) is 5.82 Å². The lowest BCUT2D eigenvalue weighted by Gasteiger charge is -2.28. The first-order valence-corrected chi connectivity index (χ1v) is 7.55. The van der Waals surface area contributed by atoms with Crippen LogP contribution in [0.15, 0.2) is 30.0 Å². The molecular weight excluding hydrogens is 270 g/mol. The Labute approximate surface area is 120 Å². The van der Waals surface area contributed by atoms with E-state index in [0.717, 1.165) is 36.8 Å². The molecule has 102 valence electrons. The lowest BCUT2D eigenvalue weighted by Crippen LogP contribution is -2.30. The minimum atomic E-state index is 0.863. The van der Waals surface area contributed by atoms with Gasteiger partial charge in [-0.1, -0.05) is 0 Å². The summed E-state index contributed by atoms with van der Waals surface area (Å²) in [5.41, 5.74) is 2.34. The second kappa shape index (κ2) is 4.49. The first kappa shape index (κ1) is 11.7. The Hall–Kier alpha value is -2.08. The molecule has 20 heavy (non-hydrogen) atoms. The molecule has 0 aliphatic carbocycles. The third-order valence-corrected chi connectivity index (χ3v) is 4.74. The zero-order valence-corrected chi connectivity index (χ0v) is 12.0. The molecule has 6 heteroatoms. The van der Waals surface area contributed by atoms with Crippen molar-refractivity contribution in [2.75, 3.05) is 23.8 Å². The van der Waals surface area contributed by atoms with Crippen molar-refractivity contribution in [3.05, 3.63) is 40.5 Å². The summed E-state index contributed by atoms with van der Waals surface area (Å²) in [5.74, 6) is 1.82. The van der Waals surface area contributed by atoms with E-state index in [1.54, 1.807) is 0 Å². The Morgan fingerprint density at radius 1 is 1.40 bits per heavy atom. The molecule has 0 atom stereocenters. The maximum atomic E-state index is 4.71. The Morgan fingerprint density at radius 3 is 3.25 bits per heavy atom. The van der Waals surface area contributed by atoms with E-state index in [-0.39, 0.29) is 0 Å². The summed E-state index contributed by atoms with van der Waals surface area (Å²) in [6, 6.07) is 2.22. The third kappa shape index (κ3) is 1.76. The van der Waals surface area contributed by atoms with Gasteiger partial charge in [-0.3, -0.25) is 0 Å². The van der Waals surface area contributed by atoms with Gasteiger partial charge >= 0.3 is 0 Å². The number of aromatic nitrogens is 3. The molecule has 1 N–H and O–H groups in total. The molecule has 4 rings (SSSR count). The van der Waals surface area contributed by atoms with Crippen LogP contribution in [0.2, 0.25) is 0 Å². The van der Waals surface area contributed by atoms with Crippen molar-refractivity contribution < 1.29 is 0 Å². The van der Waals surface area contributed by atoms with Crippen molar-refractivity contribution in [1.29, 1.82) is 0 Å². The predicted octanol–water partition coefficient (Wildman–Crippen LogP) is 2.40. The van der Waals surface area contributed by atoms with Gasteiger partial charge in [-0.15, -0.1) is 11.3 Å². The van der Waals surface area contributed by atoms with E-state index < -0.39 is 0 Å². The highest BCUT2D eigenvalue weighted by Gasteiger charge is 2.21. The highest BCUT2D eigenvalue weighted by Crippen LogP contribution is 2.29. The zero-order chi connectivity index (χ0) is 13.5. The third-order valence-electron chi connectivity index (χ3n) is 3.72. The van der Waals surface area contributed by atoms with Crippen LogP contribution in [0, 0.1) is 0 Å². The fourth-order valence-corrected chi connectivity index (χ4v) is 3.57. The molecule has 1 aliphatic heterocycles. The lowest BCUT2D eigenvalue weighted by atomic mass is 10.1. The van der Waals surface area contributed by atoms with Crippen LogP contribution >= 0.6 is 11.3 Å². The van der Waals surface area contributed by atoms with Gasteiger partial charge in [0.25, 0.3) is 0 Å². The van der Waals surface area contributed by atoms with Crippen LogP contribution in [0.1, 0.15) is 10.4 Å².